The van der Waals surface area contributed by atoms with Crippen molar-refractivity contribution in [3.63, 3.8) is 0 Å². The summed E-state index contributed by atoms with van der Waals surface area (Å²) in [6.07, 6.45) is 3.91. The molecule has 0 bridgehead atoms. The lowest BCUT2D eigenvalue weighted by atomic mass is 9.95. The first-order valence-electron chi connectivity index (χ1n) is 7.08. The molecule has 3 unspecified atom stereocenters. The fraction of sp³-hybridized carbons (Fsp3) is 1.00. The summed E-state index contributed by atoms with van der Waals surface area (Å²) >= 11 is 0. The molecular formula is C14H29NO2. The molecule has 0 saturated carbocycles. The first-order valence-corrected chi connectivity index (χ1v) is 7.08. The van der Waals surface area contributed by atoms with Crippen molar-refractivity contribution in [2.75, 3.05) is 19.8 Å². The van der Waals surface area contributed by atoms with Crippen molar-refractivity contribution in [1.29, 1.82) is 0 Å². The monoisotopic (exact) mass is 243 g/mol. The molecule has 1 heterocycles. The summed E-state index contributed by atoms with van der Waals surface area (Å²) in [5.41, 5.74) is 0. The van der Waals surface area contributed by atoms with Gasteiger partial charge in [0.05, 0.1) is 19.3 Å². The van der Waals surface area contributed by atoms with Crippen LogP contribution in [0.2, 0.25) is 0 Å². The van der Waals surface area contributed by atoms with Gasteiger partial charge in [-0.2, -0.15) is 0 Å². The summed E-state index contributed by atoms with van der Waals surface area (Å²) < 4.78 is 11.5. The molecule has 1 saturated heterocycles. The van der Waals surface area contributed by atoms with E-state index in [1.165, 1.54) is 12.8 Å². The Kier molecular flexibility index (Phi) is 7.09. The molecule has 1 N–H and O–H groups in total. The van der Waals surface area contributed by atoms with Crippen LogP contribution in [0.3, 0.4) is 0 Å². The van der Waals surface area contributed by atoms with Gasteiger partial charge in [-0.15, -0.1) is 0 Å². The maximum Gasteiger partial charge on any atom is 0.0729 e. The lowest BCUT2D eigenvalue weighted by Crippen LogP contribution is -2.50. The van der Waals surface area contributed by atoms with Crippen molar-refractivity contribution in [3.8, 4) is 0 Å². The molecular weight excluding hydrogens is 214 g/mol. The minimum atomic E-state index is 0.374. The summed E-state index contributed by atoms with van der Waals surface area (Å²) in [5.74, 6) is 0.607. The lowest BCUT2D eigenvalue weighted by Gasteiger charge is -2.35. The largest absolute Gasteiger partial charge is 0.379 e. The molecule has 3 nitrogen and oxygen atoms in total. The van der Waals surface area contributed by atoms with Gasteiger partial charge in [-0.3, -0.25) is 0 Å². The first kappa shape index (κ1) is 14.9. The topological polar surface area (TPSA) is 30.5 Å². The molecule has 102 valence electrons. The molecule has 0 aromatic heterocycles. The molecule has 1 aliphatic heterocycles. The van der Waals surface area contributed by atoms with Crippen LogP contribution in [-0.4, -0.2) is 38.0 Å². The van der Waals surface area contributed by atoms with Crippen LogP contribution in [0.1, 0.15) is 47.0 Å². The fourth-order valence-corrected chi connectivity index (χ4v) is 2.33. The number of nitrogens with one attached hydrogen (secondary N) is 1. The molecule has 0 spiro atoms. The summed E-state index contributed by atoms with van der Waals surface area (Å²) in [4.78, 5) is 0. The van der Waals surface area contributed by atoms with Crippen LogP contribution < -0.4 is 5.32 Å². The number of ether oxygens (including phenoxy) is 2. The standard InChI is InChI=1S/C14H29NO2/c1-5-13-14(7-6-12(4)15-13)17-9-8-16-10-11(2)3/h11-15H,5-10H2,1-4H3. The first-order chi connectivity index (χ1) is 8.13. The Bertz CT molecular complexity index is 197. The Morgan fingerprint density at radius 3 is 2.65 bits per heavy atom. The van der Waals surface area contributed by atoms with E-state index in [1.807, 2.05) is 0 Å². The fourth-order valence-electron chi connectivity index (χ4n) is 2.33. The smallest absolute Gasteiger partial charge is 0.0729 e. The highest BCUT2D eigenvalue weighted by molar-refractivity contribution is 4.84. The van der Waals surface area contributed by atoms with Gasteiger partial charge in [-0.25, -0.2) is 0 Å². The normalized spacial score (nSPS) is 29.8. The zero-order valence-corrected chi connectivity index (χ0v) is 11.9. The average Bonchev–Trinajstić information content (AvgIpc) is 2.29. The van der Waals surface area contributed by atoms with Crippen molar-refractivity contribution in [2.24, 2.45) is 5.92 Å². The van der Waals surface area contributed by atoms with Gasteiger partial charge in [0, 0.05) is 18.7 Å². The van der Waals surface area contributed by atoms with Gasteiger partial charge >= 0.3 is 0 Å². The molecule has 1 fully saturated rings. The van der Waals surface area contributed by atoms with Crippen molar-refractivity contribution < 1.29 is 9.47 Å². The van der Waals surface area contributed by atoms with Crippen LogP contribution in [0, 0.1) is 5.92 Å². The van der Waals surface area contributed by atoms with Crippen LogP contribution >= 0.6 is 0 Å². The Hall–Kier alpha value is -0.120. The highest BCUT2D eigenvalue weighted by Gasteiger charge is 2.26. The van der Waals surface area contributed by atoms with E-state index >= 15 is 0 Å². The van der Waals surface area contributed by atoms with Crippen LogP contribution in [-0.2, 0) is 9.47 Å². The van der Waals surface area contributed by atoms with E-state index in [0.717, 1.165) is 26.2 Å². The average molecular weight is 243 g/mol. The molecule has 0 aliphatic carbocycles. The lowest BCUT2D eigenvalue weighted by molar-refractivity contribution is -0.0322. The zero-order chi connectivity index (χ0) is 12.7. The quantitative estimate of drug-likeness (QED) is 0.697. The third kappa shape index (κ3) is 5.84. The number of rotatable bonds is 7. The summed E-state index contributed by atoms with van der Waals surface area (Å²) in [7, 11) is 0. The van der Waals surface area contributed by atoms with Gasteiger partial charge in [-0.05, 0) is 32.1 Å². The minimum absolute atomic E-state index is 0.374. The molecule has 1 aliphatic rings. The maximum absolute atomic E-state index is 5.93. The Morgan fingerprint density at radius 2 is 2.00 bits per heavy atom. The number of hydrogen-bond acceptors (Lipinski definition) is 3. The van der Waals surface area contributed by atoms with Crippen molar-refractivity contribution >= 4 is 0 Å². The van der Waals surface area contributed by atoms with Gasteiger partial charge < -0.3 is 14.8 Å². The predicted molar refractivity (Wildman–Crippen MR) is 71.3 cm³/mol. The number of hydrogen-bond donors (Lipinski definition) is 1. The molecule has 3 heteroatoms. The molecule has 1 rings (SSSR count). The second kappa shape index (κ2) is 8.06. The maximum atomic E-state index is 5.93. The Morgan fingerprint density at radius 1 is 1.24 bits per heavy atom. The molecule has 0 aromatic carbocycles. The van der Waals surface area contributed by atoms with E-state index in [0.29, 0.717) is 24.1 Å². The van der Waals surface area contributed by atoms with E-state index in [1.54, 1.807) is 0 Å². The van der Waals surface area contributed by atoms with Crippen molar-refractivity contribution in [1.82, 2.24) is 5.32 Å². The SMILES string of the molecule is CCC1NC(C)CCC1OCCOCC(C)C. The van der Waals surface area contributed by atoms with Crippen LogP contribution in [0.4, 0.5) is 0 Å². The van der Waals surface area contributed by atoms with Gasteiger partial charge in [0.1, 0.15) is 0 Å². The highest BCUT2D eigenvalue weighted by atomic mass is 16.5. The van der Waals surface area contributed by atoms with Gasteiger partial charge in [-0.1, -0.05) is 20.8 Å². The van der Waals surface area contributed by atoms with Crippen LogP contribution in [0.15, 0.2) is 0 Å². The molecule has 0 radical (unpaired) electrons. The summed E-state index contributed by atoms with van der Waals surface area (Å²) in [5, 5.41) is 3.61. The van der Waals surface area contributed by atoms with E-state index in [9.17, 15) is 0 Å². The summed E-state index contributed by atoms with van der Waals surface area (Å²) in [6, 6.07) is 1.15. The van der Waals surface area contributed by atoms with Crippen LogP contribution in [0.25, 0.3) is 0 Å². The molecule has 0 aromatic rings. The third-order valence-electron chi connectivity index (χ3n) is 3.28. The minimum Gasteiger partial charge on any atom is -0.379 e. The second-order valence-corrected chi connectivity index (χ2v) is 5.54. The molecule has 17 heavy (non-hydrogen) atoms. The third-order valence-corrected chi connectivity index (χ3v) is 3.28. The highest BCUT2D eigenvalue weighted by Crippen LogP contribution is 2.18. The second-order valence-electron chi connectivity index (χ2n) is 5.54. The molecule has 3 atom stereocenters. The zero-order valence-electron chi connectivity index (χ0n) is 11.9. The van der Waals surface area contributed by atoms with Gasteiger partial charge in [0.25, 0.3) is 0 Å². The van der Waals surface area contributed by atoms with Gasteiger partial charge in [0.2, 0.25) is 0 Å². The van der Waals surface area contributed by atoms with E-state index in [-0.39, 0.29) is 0 Å². The summed E-state index contributed by atoms with van der Waals surface area (Å²) in [6.45, 7) is 11.1. The van der Waals surface area contributed by atoms with E-state index in [2.05, 4.69) is 33.0 Å². The van der Waals surface area contributed by atoms with Crippen molar-refractivity contribution in [2.45, 2.75) is 65.1 Å². The predicted octanol–water partition coefficient (Wildman–Crippen LogP) is 2.59. The molecule has 0 amide bonds. The van der Waals surface area contributed by atoms with E-state index < -0.39 is 0 Å². The van der Waals surface area contributed by atoms with Crippen LogP contribution in [0.5, 0.6) is 0 Å². The Balaban J connectivity index is 2.12. The van der Waals surface area contributed by atoms with E-state index in [4.69, 9.17) is 9.47 Å². The van der Waals surface area contributed by atoms with Gasteiger partial charge in [0.15, 0.2) is 0 Å². The van der Waals surface area contributed by atoms with Crippen molar-refractivity contribution in [3.05, 3.63) is 0 Å². The Labute approximate surface area is 106 Å². The number of piperidine rings is 1.